The second-order valence-corrected chi connectivity index (χ2v) is 36.0. The summed E-state index contributed by atoms with van der Waals surface area (Å²) in [6, 6.07) is 38.2. The maximum atomic E-state index is 12.6. The van der Waals surface area contributed by atoms with Gasteiger partial charge in [-0.1, -0.05) is 121 Å². The molecule has 5 aliphatic carbocycles. The second kappa shape index (κ2) is 33.8. The minimum atomic E-state index is -4.39. The Labute approximate surface area is 681 Å². The fourth-order valence-electron chi connectivity index (χ4n) is 17.3. The molecule has 21 nitrogen and oxygen atoms in total. The summed E-state index contributed by atoms with van der Waals surface area (Å²) in [6.45, 7) is 12.7. The first-order valence-corrected chi connectivity index (χ1v) is 43.1. The van der Waals surface area contributed by atoms with Crippen molar-refractivity contribution >= 4 is 116 Å². The number of para-hydroxylation sites is 1. The molecule has 115 heavy (non-hydrogen) atoms. The number of ketones is 8. The largest absolute Gasteiger partial charge is 0.491 e. The number of fused-ring (bicyclic) bond motifs is 8. The molecule has 4 saturated heterocycles. The highest BCUT2D eigenvalue weighted by atomic mass is 32.2. The lowest BCUT2D eigenvalue weighted by Gasteiger charge is -2.47. The zero-order chi connectivity index (χ0) is 80.8. The van der Waals surface area contributed by atoms with Crippen LogP contribution in [0.2, 0.25) is 0 Å². The first-order valence-electron chi connectivity index (χ1n) is 39.2. The van der Waals surface area contributed by atoms with E-state index in [1.54, 1.807) is 73.7 Å². The number of rotatable bonds is 12. The molecule has 5 aromatic rings. The fourth-order valence-corrected chi connectivity index (χ4v) is 22.3. The standard InChI is InChI=1S/C25H25NO5S.2C21H23NO4S.C20H20F3NO4S/c27-17(15-30-18-6-2-1-3-7-18)14-26-12-10-25(11-13-26)16-32-24-22(29)21(28)19-8-4-5-9-20(19)23(24)31-25;23-16-7-3-6-15(16)22-10-8-21(9-11-22)12-27-20-18(25)17(24)13-4-1-2-5-14(13)19(20)26-21;1-3-20(2,25)12-22-10-8-21(9-11-22)13-27-19-17(24)16(23)14-6-4-5-7-15(14)18(19)26-21;21-20(22,23)9-12(25)10-24-7-5-19(6-8-24)11-29-18-16(27)15(26)13-3-1-2-4-14(13)17(18)28-19/h1-9,17,27H,10-16H2;1-2,4-5,15-16,23H,3,6-12H2;3-7,25H,1,8-13H2,2H3;1-4,12,25H,5-11H2. The van der Waals surface area contributed by atoms with Crippen LogP contribution in [0, 0.1) is 0 Å². The number of carbonyl (C=O) groups excluding carboxylic acids is 8. The number of carbonyl (C=O) groups is 8. The Morgan fingerprint density at radius 2 is 0.774 bits per heavy atom. The third-order valence-electron chi connectivity index (χ3n) is 23.8. The molecule has 1 saturated carbocycles. The zero-order valence-corrected chi connectivity index (χ0v) is 66.9. The van der Waals surface area contributed by atoms with Crippen LogP contribution >= 0.6 is 47.0 Å². The van der Waals surface area contributed by atoms with Gasteiger partial charge < -0.3 is 53.9 Å². The van der Waals surface area contributed by atoms with Gasteiger partial charge in [0.25, 0.3) is 0 Å². The van der Waals surface area contributed by atoms with E-state index in [0.717, 1.165) is 119 Å². The third kappa shape index (κ3) is 17.5. The van der Waals surface area contributed by atoms with Gasteiger partial charge >= 0.3 is 6.18 Å². The fraction of sp³-hybridized carbons (Fsp3) is 0.448. The molecule has 0 radical (unpaired) electrons. The molecule has 4 spiro atoms. The minimum absolute atomic E-state index is 0.0352. The molecular weight excluding hydrogens is 1560 g/mol. The summed E-state index contributed by atoms with van der Waals surface area (Å²) < 4.78 is 68.7. The molecule has 13 aliphatic rings. The van der Waals surface area contributed by atoms with E-state index in [0.29, 0.717) is 133 Å². The number of ether oxygens (including phenoxy) is 5. The monoisotopic (exact) mass is 1650 g/mol. The number of hydrogen-bond donors (Lipinski definition) is 4. The predicted molar refractivity (Wildman–Crippen MR) is 433 cm³/mol. The highest BCUT2D eigenvalue weighted by Crippen LogP contribution is 2.53. The number of piperidine rings is 4. The lowest BCUT2D eigenvalue weighted by Crippen LogP contribution is -2.53. The van der Waals surface area contributed by atoms with Crippen LogP contribution in [0.4, 0.5) is 13.2 Å². The second-order valence-electron chi connectivity index (χ2n) is 32.0. The van der Waals surface area contributed by atoms with Gasteiger partial charge in [0.15, 0.2) is 0 Å². The maximum absolute atomic E-state index is 12.6. The number of nitrogens with zero attached hydrogens (tertiary/aromatic N) is 4. The average molecular weight is 1650 g/mol. The molecule has 0 aromatic heterocycles. The molecule has 606 valence electrons. The van der Waals surface area contributed by atoms with E-state index in [1.807, 2.05) is 71.6 Å². The number of alkyl halides is 3. The Hall–Kier alpha value is -7.97. The van der Waals surface area contributed by atoms with E-state index in [9.17, 15) is 72.0 Å². The SMILES string of the molecule is C=CC(C)(O)CN1CCC2(CC1)CSC1=C(O2)c2ccccc2C(=O)C1=O.O=C1C(=O)c2ccccc2C2=C1SCC1(CCN(C3CCCC3O)CC1)O2.O=C1C(=O)c2ccccc2C2=C1SCC1(CCN(CC(O)CC(F)(F)F)CC1)O2.O=C1C(=O)c2ccccc2C2=C1SCC1(CCN(CC(O)COc3ccccc3)CC1)O2. The average Bonchev–Trinajstić information content (AvgIpc) is 1.33. The van der Waals surface area contributed by atoms with E-state index in [4.69, 9.17) is 23.7 Å². The number of thioether (sulfide) groups is 4. The Morgan fingerprint density at radius 3 is 1.10 bits per heavy atom. The van der Waals surface area contributed by atoms with Crippen molar-refractivity contribution in [2.24, 2.45) is 0 Å². The molecule has 5 fully saturated rings. The van der Waals surface area contributed by atoms with Crippen LogP contribution in [0.1, 0.15) is 148 Å². The van der Waals surface area contributed by atoms with Crippen molar-refractivity contribution in [3.8, 4) is 5.75 Å². The number of aliphatic hydroxyl groups excluding tert-OH is 3. The number of Topliss-reactive ketones (excluding diaryl/α,β-unsaturated/α-hetero) is 8. The van der Waals surface area contributed by atoms with Crippen LogP contribution in [0.25, 0.3) is 23.0 Å². The van der Waals surface area contributed by atoms with Crippen LogP contribution in [0.3, 0.4) is 0 Å². The summed E-state index contributed by atoms with van der Waals surface area (Å²) in [5, 5.41) is 40.5. The maximum Gasteiger partial charge on any atom is 0.391 e. The first kappa shape index (κ1) is 82.1. The summed E-state index contributed by atoms with van der Waals surface area (Å²) in [5.74, 6) is 1.69. The molecule has 8 aliphatic heterocycles. The Bertz CT molecular complexity index is 4820. The molecule has 28 heteroatoms. The highest BCUT2D eigenvalue weighted by molar-refractivity contribution is 8.05. The van der Waals surface area contributed by atoms with Crippen molar-refractivity contribution in [2.45, 2.75) is 143 Å². The van der Waals surface area contributed by atoms with Crippen LogP contribution < -0.4 is 4.74 Å². The molecule has 18 rings (SSSR count). The number of hydrogen-bond acceptors (Lipinski definition) is 25. The van der Waals surface area contributed by atoms with Crippen LogP contribution in [-0.4, -0.2) is 246 Å². The van der Waals surface area contributed by atoms with Gasteiger partial charge in [-0.2, -0.15) is 13.2 Å². The van der Waals surface area contributed by atoms with Gasteiger partial charge in [-0.25, -0.2) is 0 Å². The molecule has 8 heterocycles. The van der Waals surface area contributed by atoms with Crippen molar-refractivity contribution in [3.05, 3.63) is 204 Å². The molecular formula is C87H91F3N4O17S4. The first-order chi connectivity index (χ1) is 55.1. The van der Waals surface area contributed by atoms with Crippen molar-refractivity contribution in [1.29, 1.82) is 0 Å². The lowest BCUT2D eigenvalue weighted by molar-refractivity contribution is -0.156. The van der Waals surface area contributed by atoms with Gasteiger partial charge in [-0.3, -0.25) is 48.2 Å². The summed E-state index contributed by atoms with van der Waals surface area (Å²) >= 11 is 5.69. The van der Waals surface area contributed by atoms with Crippen molar-refractivity contribution in [1.82, 2.24) is 19.6 Å². The Balaban J connectivity index is 0.000000121. The predicted octanol–water partition coefficient (Wildman–Crippen LogP) is 11.5. The van der Waals surface area contributed by atoms with E-state index in [-0.39, 0.29) is 42.1 Å². The summed E-state index contributed by atoms with van der Waals surface area (Å²) in [7, 11) is 0. The molecule has 0 bridgehead atoms. The number of benzene rings is 5. The quantitative estimate of drug-likeness (QED) is 0.0667. The van der Waals surface area contributed by atoms with E-state index in [2.05, 4.69) is 21.3 Å². The number of β-amino-alcohol motifs (C(OH)–C–C–N with tert-alkyl or cyclic N) is 3. The normalized spacial score (nSPS) is 24.4. The smallest absolute Gasteiger partial charge is 0.391 e. The van der Waals surface area contributed by atoms with Crippen molar-refractivity contribution < 1.29 is 95.6 Å². The molecule has 0 amide bonds. The number of allylic oxidation sites excluding steroid dienone is 4. The van der Waals surface area contributed by atoms with E-state index < -0.39 is 82.3 Å². The topological polar surface area (TPSA) is 277 Å². The summed E-state index contributed by atoms with van der Waals surface area (Å²) in [6.07, 6.45) is 2.94. The molecule has 4 N–H and O–H groups in total. The number of aliphatic hydroxyl groups is 4. The molecule has 5 atom stereocenters. The van der Waals surface area contributed by atoms with Crippen LogP contribution in [-0.2, 0) is 38.1 Å². The Kier molecular flexibility index (Phi) is 24.1. The summed E-state index contributed by atoms with van der Waals surface area (Å²) in [5.41, 5.74) is 2.00. The zero-order valence-electron chi connectivity index (χ0n) is 63.7. The van der Waals surface area contributed by atoms with Gasteiger partial charge in [-0.05, 0) is 38.3 Å². The summed E-state index contributed by atoms with van der Waals surface area (Å²) in [4.78, 5) is 110. The third-order valence-corrected chi connectivity index (χ3v) is 29.2. The van der Waals surface area contributed by atoms with Crippen LogP contribution in [0.5, 0.6) is 5.75 Å². The van der Waals surface area contributed by atoms with Crippen molar-refractivity contribution in [2.75, 3.05) is 102 Å². The number of likely N-dealkylation sites (tertiary alicyclic amines) is 4. The van der Waals surface area contributed by atoms with Gasteiger partial charge in [0.2, 0.25) is 46.3 Å². The molecule has 5 unspecified atom stereocenters. The van der Waals surface area contributed by atoms with Gasteiger partial charge in [0.1, 0.15) is 83.5 Å². The van der Waals surface area contributed by atoms with Gasteiger partial charge in [0, 0.05) is 197 Å². The molecule has 5 aromatic carbocycles. The Morgan fingerprint density at radius 1 is 0.461 bits per heavy atom. The number of halogens is 3. The van der Waals surface area contributed by atoms with Crippen molar-refractivity contribution in [3.63, 3.8) is 0 Å². The van der Waals surface area contributed by atoms with Crippen LogP contribution in [0.15, 0.2) is 160 Å². The van der Waals surface area contributed by atoms with Gasteiger partial charge in [0.05, 0.1) is 24.2 Å². The van der Waals surface area contributed by atoms with E-state index >= 15 is 0 Å². The minimum Gasteiger partial charge on any atom is -0.491 e. The lowest BCUT2D eigenvalue weighted by atomic mass is 9.89. The van der Waals surface area contributed by atoms with E-state index in [1.165, 1.54) is 47.0 Å². The highest BCUT2D eigenvalue weighted by Gasteiger charge is 2.52. The van der Waals surface area contributed by atoms with Gasteiger partial charge in [-0.15, -0.1) is 53.6 Å².